The van der Waals surface area contributed by atoms with Gasteiger partial charge in [0.15, 0.2) is 0 Å². The summed E-state index contributed by atoms with van der Waals surface area (Å²) in [6, 6.07) is 7.59. The van der Waals surface area contributed by atoms with Gasteiger partial charge in [-0.25, -0.2) is 9.97 Å². The van der Waals surface area contributed by atoms with Gasteiger partial charge in [0.1, 0.15) is 12.0 Å². The number of hydrogen-bond donors (Lipinski definition) is 2. The summed E-state index contributed by atoms with van der Waals surface area (Å²) in [5, 5.41) is 3.85. The molecule has 0 saturated heterocycles. The van der Waals surface area contributed by atoms with Gasteiger partial charge in [-0.05, 0) is 29.8 Å². The highest BCUT2D eigenvalue weighted by molar-refractivity contribution is 5.99. The van der Waals surface area contributed by atoms with Gasteiger partial charge in [0.25, 0.3) is 5.91 Å². The highest BCUT2D eigenvalue weighted by Gasteiger charge is 2.27. The largest absolute Gasteiger partial charge is 0.344 e. The summed E-state index contributed by atoms with van der Waals surface area (Å²) in [5.41, 5.74) is 9.16. The molecule has 2 aromatic heterocycles. The van der Waals surface area contributed by atoms with E-state index in [-0.39, 0.29) is 11.9 Å². The third kappa shape index (κ3) is 1.73. The molecule has 104 valence electrons. The van der Waals surface area contributed by atoms with Gasteiger partial charge in [-0.2, -0.15) is 0 Å². The Morgan fingerprint density at radius 3 is 3.10 bits per heavy atom. The molecule has 0 fully saturated rings. The third-order valence-corrected chi connectivity index (χ3v) is 3.82. The molecule has 1 amide bonds. The van der Waals surface area contributed by atoms with E-state index in [0.717, 1.165) is 22.3 Å². The zero-order chi connectivity index (χ0) is 14.4. The molecule has 1 atom stereocenters. The van der Waals surface area contributed by atoms with Crippen LogP contribution in [0.3, 0.4) is 0 Å². The van der Waals surface area contributed by atoms with E-state index in [1.807, 2.05) is 35.0 Å². The molecule has 21 heavy (non-hydrogen) atoms. The fraction of sp³-hybridized carbons (Fsp3) is 0.133. The van der Waals surface area contributed by atoms with Crippen LogP contribution in [0.25, 0.3) is 16.7 Å². The monoisotopic (exact) mass is 279 g/mol. The lowest BCUT2D eigenvalue weighted by Gasteiger charge is -2.10. The topological polar surface area (TPSA) is 85.8 Å². The highest BCUT2D eigenvalue weighted by Crippen LogP contribution is 2.28. The van der Waals surface area contributed by atoms with E-state index in [2.05, 4.69) is 15.3 Å². The van der Waals surface area contributed by atoms with Crippen molar-refractivity contribution in [2.75, 3.05) is 6.54 Å². The van der Waals surface area contributed by atoms with Crippen molar-refractivity contribution in [1.29, 1.82) is 0 Å². The van der Waals surface area contributed by atoms with Crippen LogP contribution in [0, 0.1) is 0 Å². The van der Waals surface area contributed by atoms with Crippen LogP contribution >= 0.6 is 0 Å². The second-order valence-electron chi connectivity index (χ2n) is 5.02. The zero-order valence-electron chi connectivity index (χ0n) is 11.2. The van der Waals surface area contributed by atoms with Gasteiger partial charge in [0.05, 0.1) is 6.04 Å². The molecule has 0 radical (unpaired) electrons. The van der Waals surface area contributed by atoms with Crippen molar-refractivity contribution in [2.24, 2.45) is 5.73 Å². The average molecular weight is 279 g/mol. The van der Waals surface area contributed by atoms with Crippen molar-refractivity contribution in [2.45, 2.75) is 6.04 Å². The summed E-state index contributed by atoms with van der Waals surface area (Å²) >= 11 is 0. The van der Waals surface area contributed by atoms with Crippen LogP contribution in [0.5, 0.6) is 0 Å². The van der Waals surface area contributed by atoms with E-state index in [9.17, 15) is 4.79 Å². The molecule has 1 aromatic carbocycles. The van der Waals surface area contributed by atoms with E-state index in [1.165, 1.54) is 6.33 Å². The SMILES string of the molecule is NCC1NC(=O)c2ccc(-n3ccc4cncnc43)cc21. The maximum absolute atomic E-state index is 11.9. The molecule has 3 heterocycles. The minimum Gasteiger partial charge on any atom is -0.344 e. The van der Waals surface area contributed by atoms with E-state index in [0.29, 0.717) is 12.1 Å². The minimum atomic E-state index is -0.121. The predicted octanol–water partition coefficient (Wildman–Crippen LogP) is 1.16. The van der Waals surface area contributed by atoms with Crippen molar-refractivity contribution in [1.82, 2.24) is 19.9 Å². The fourth-order valence-corrected chi connectivity index (χ4v) is 2.78. The standard InChI is InChI=1S/C15H13N5O/c16-6-13-12-5-10(1-2-11(12)15(21)19-13)20-4-3-9-7-17-8-18-14(9)20/h1-5,7-8,13H,6,16H2,(H,19,21). The number of fused-ring (bicyclic) bond motifs is 2. The van der Waals surface area contributed by atoms with E-state index < -0.39 is 0 Å². The first-order valence-corrected chi connectivity index (χ1v) is 6.70. The Morgan fingerprint density at radius 1 is 1.33 bits per heavy atom. The lowest BCUT2D eigenvalue weighted by atomic mass is 10.0. The van der Waals surface area contributed by atoms with Crippen LogP contribution in [0.1, 0.15) is 22.0 Å². The Balaban J connectivity index is 1.89. The molecule has 0 saturated carbocycles. The van der Waals surface area contributed by atoms with E-state index in [1.54, 1.807) is 6.20 Å². The van der Waals surface area contributed by atoms with Gasteiger partial charge < -0.3 is 15.6 Å². The van der Waals surface area contributed by atoms with Gasteiger partial charge in [0.2, 0.25) is 0 Å². The molecular weight excluding hydrogens is 266 g/mol. The van der Waals surface area contributed by atoms with Gasteiger partial charge in [0, 0.05) is 35.6 Å². The Kier molecular flexibility index (Phi) is 2.52. The van der Waals surface area contributed by atoms with Gasteiger partial charge in [-0.15, -0.1) is 0 Å². The maximum atomic E-state index is 11.9. The number of carbonyl (C=O) groups excluding carboxylic acids is 1. The molecule has 3 N–H and O–H groups in total. The number of nitrogens with zero attached hydrogens (tertiary/aromatic N) is 3. The summed E-state index contributed by atoms with van der Waals surface area (Å²) in [4.78, 5) is 20.2. The molecule has 1 aliphatic rings. The number of carbonyl (C=O) groups is 1. The fourth-order valence-electron chi connectivity index (χ4n) is 2.78. The summed E-state index contributed by atoms with van der Waals surface area (Å²) in [5.74, 6) is -0.0633. The maximum Gasteiger partial charge on any atom is 0.252 e. The summed E-state index contributed by atoms with van der Waals surface area (Å²) in [6.45, 7) is 0.386. The number of aromatic nitrogens is 3. The Hall–Kier alpha value is -2.73. The molecule has 0 aliphatic carbocycles. The number of nitrogens with one attached hydrogen (secondary N) is 1. The van der Waals surface area contributed by atoms with Gasteiger partial charge >= 0.3 is 0 Å². The molecule has 0 bridgehead atoms. The molecule has 6 nitrogen and oxygen atoms in total. The van der Waals surface area contributed by atoms with Crippen LogP contribution in [-0.2, 0) is 0 Å². The number of hydrogen-bond acceptors (Lipinski definition) is 4. The molecule has 1 unspecified atom stereocenters. The number of benzene rings is 1. The zero-order valence-corrected chi connectivity index (χ0v) is 11.2. The van der Waals surface area contributed by atoms with Crippen LogP contribution in [0.2, 0.25) is 0 Å². The Labute approximate surface area is 120 Å². The first kappa shape index (κ1) is 12.0. The summed E-state index contributed by atoms with van der Waals surface area (Å²) in [7, 11) is 0. The lowest BCUT2D eigenvalue weighted by molar-refractivity contribution is 0.0957. The van der Waals surface area contributed by atoms with Crippen molar-refractivity contribution in [3.8, 4) is 5.69 Å². The lowest BCUT2D eigenvalue weighted by Crippen LogP contribution is -2.25. The van der Waals surface area contributed by atoms with E-state index in [4.69, 9.17) is 5.73 Å². The molecule has 6 heteroatoms. The molecule has 3 aromatic rings. The third-order valence-electron chi connectivity index (χ3n) is 3.82. The second-order valence-corrected chi connectivity index (χ2v) is 5.02. The summed E-state index contributed by atoms with van der Waals surface area (Å²) < 4.78 is 1.98. The summed E-state index contributed by atoms with van der Waals surface area (Å²) in [6.07, 6.45) is 5.25. The molecule has 1 aliphatic heterocycles. The number of rotatable bonds is 2. The van der Waals surface area contributed by atoms with Gasteiger partial charge in [-0.3, -0.25) is 4.79 Å². The average Bonchev–Trinajstić information content (AvgIpc) is 3.08. The van der Waals surface area contributed by atoms with Crippen LogP contribution in [0.4, 0.5) is 0 Å². The second kappa shape index (κ2) is 4.39. The highest BCUT2D eigenvalue weighted by atomic mass is 16.2. The molecule has 4 rings (SSSR count). The van der Waals surface area contributed by atoms with Crippen LogP contribution in [0.15, 0.2) is 43.0 Å². The minimum absolute atomic E-state index is 0.0633. The van der Waals surface area contributed by atoms with Crippen LogP contribution < -0.4 is 11.1 Å². The van der Waals surface area contributed by atoms with E-state index >= 15 is 0 Å². The first-order valence-electron chi connectivity index (χ1n) is 6.70. The normalized spacial score (nSPS) is 17.0. The van der Waals surface area contributed by atoms with Crippen molar-refractivity contribution < 1.29 is 4.79 Å². The van der Waals surface area contributed by atoms with Crippen molar-refractivity contribution >= 4 is 16.9 Å². The number of nitrogens with two attached hydrogens (primary N) is 1. The quantitative estimate of drug-likeness (QED) is 0.737. The Morgan fingerprint density at radius 2 is 2.24 bits per heavy atom. The Bertz CT molecular complexity index is 854. The molecular formula is C15H13N5O. The first-order chi connectivity index (χ1) is 10.3. The number of amides is 1. The smallest absolute Gasteiger partial charge is 0.252 e. The van der Waals surface area contributed by atoms with Crippen molar-refractivity contribution in [3.63, 3.8) is 0 Å². The predicted molar refractivity (Wildman–Crippen MR) is 78.1 cm³/mol. The van der Waals surface area contributed by atoms with Crippen LogP contribution in [-0.4, -0.2) is 27.0 Å². The van der Waals surface area contributed by atoms with Gasteiger partial charge in [-0.1, -0.05) is 0 Å². The van der Waals surface area contributed by atoms with Crippen molar-refractivity contribution in [3.05, 3.63) is 54.1 Å². The molecule has 0 spiro atoms.